The number of pyridine rings is 1. The van der Waals surface area contributed by atoms with Crippen LogP contribution >= 0.6 is 11.6 Å². The molecule has 1 aromatic rings. The van der Waals surface area contributed by atoms with Crippen LogP contribution in [0.4, 0.5) is 14.6 Å². The van der Waals surface area contributed by atoms with Crippen LogP contribution in [0.1, 0.15) is 12.8 Å². The molecule has 5 nitrogen and oxygen atoms in total. The summed E-state index contributed by atoms with van der Waals surface area (Å²) < 4.78 is 32.0. The third-order valence-electron chi connectivity index (χ3n) is 4.18. The molecule has 1 unspecified atom stereocenters. The predicted octanol–water partition coefficient (Wildman–Crippen LogP) is 2.20. The van der Waals surface area contributed by atoms with Crippen molar-refractivity contribution >= 4 is 23.3 Å². The van der Waals surface area contributed by atoms with Gasteiger partial charge in [-0.3, -0.25) is 4.79 Å². The summed E-state index contributed by atoms with van der Waals surface area (Å²) in [5.74, 6) is -2.16. The van der Waals surface area contributed by atoms with Crippen LogP contribution in [-0.2, 0) is 9.53 Å². The number of ether oxygens (including phenoxy) is 1. The Labute approximate surface area is 138 Å². The van der Waals surface area contributed by atoms with E-state index in [9.17, 15) is 13.6 Å². The number of aromatic nitrogens is 1. The average molecular weight is 346 g/mol. The molecule has 0 N–H and O–H groups in total. The molecule has 8 heteroatoms. The van der Waals surface area contributed by atoms with Gasteiger partial charge in [0.15, 0.2) is 6.10 Å². The Morgan fingerprint density at radius 1 is 1.30 bits per heavy atom. The molecule has 0 radical (unpaired) electrons. The third-order valence-corrected chi connectivity index (χ3v) is 4.41. The Morgan fingerprint density at radius 3 is 2.70 bits per heavy atom. The summed E-state index contributed by atoms with van der Waals surface area (Å²) in [6.07, 6.45) is 0.338. The number of piperidine rings is 1. The lowest BCUT2D eigenvalue weighted by Crippen LogP contribution is -2.53. The summed E-state index contributed by atoms with van der Waals surface area (Å²) in [4.78, 5) is 20.1. The van der Waals surface area contributed by atoms with Crippen molar-refractivity contribution in [1.82, 2.24) is 9.88 Å². The number of halogens is 3. The maximum absolute atomic E-state index is 13.2. The van der Waals surface area contributed by atoms with Gasteiger partial charge in [0, 0.05) is 38.7 Å². The second kappa shape index (κ2) is 6.57. The van der Waals surface area contributed by atoms with Crippen LogP contribution < -0.4 is 4.90 Å². The third kappa shape index (κ3) is 3.90. The summed E-state index contributed by atoms with van der Waals surface area (Å²) in [7, 11) is 0. The molecule has 0 aliphatic carbocycles. The van der Waals surface area contributed by atoms with Crippen molar-refractivity contribution in [3.8, 4) is 0 Å². The topological polar surface area (TPSA) is 45.7 Å². The zero-order chi connectivity index (χ0) is 16.4. The van der Waals surface area contributed by atoms with Crippen molar-refractivity contribution in [2.24, 2.45) is 0 Å². The minimum atomic E-state index is -2.66. The van der Waals surface area contributed by atoms with E-state index in [4.69, 9.17) is 16.3 Å². The fourth-order valence-corrected chi connectivity index (χ4v) is 2.93. The van der Waals surface area contributed by atoms with Crippen LogP contribution in [0.3, 0.4) is 0 Å². The van der Waals surface area contributed by atoms with Crippen molar-refractivity contribution in [3.05, 3.63) is 23.4 Å². The molecule has 23 heavy (non-hydrogen) atoms. The number of carbonyl (C=O) groups is 1. The molecule has 0 aromatic carbocycles. The average Bonchev–Trinajstić information content (AvgIpc) is 2.55. The van der Waals surface area contributed by atoms with Crippen molar-refractivity contribution in [3.63, 3.8) is 0 Å². The van der Waals surface area contributed by atoms with E-state index in [0.717, 1.165) is 5.82 Å². The van der Waals surface area contributed by atoms with Gasteiger partial charge < -0.3 is 14.5 Å². The number of morpholine rings is 1. The number of anilines is 1. The molecule has 126 valence electrons. The quantitative estimate of drug-likeness (QED) is 0.824. The van der Waals surface area contributed by atoms with Gasteiger partial charge in [-0.05, 0) is 12.1 Å². The molecule has 0 saturated carbocycles. The van der Waals surface area contributed by atoms with Crippen LogP contribution in [0.15, 0.2) is 18.3 Å². The second-order valence-corrected chi connectivity index (χ2v) is 6.26. The molecule has 3 heterocycles. The van der Waals surface area contributed by atoms with Crippen LogP contribution in [0.2, 0.25) is 5.02 Å². The van der Waals surface area contributed by atoms with E-state index in [-0.39, 0.29) is 31.8 Å². The number of hydrogen-bond acceptors (Lipinski definition) is 4. The molecule has 2 saturated heterocycles. The van der Waals surface area contributed by atoms with Crippen molar-refractivity contribution < 1.29 is 18.3 Å². The highest BCUT2D eigenvalue weighted by atomic mass is 35.5. The van der Waals surface area contributed by atoms with Gasteiger partial charge >= 0.3 is 0 Å². The minimum Gasteiger partial charge on any atom is -0.365 e. The highest BCUT2D eigenvalue weighted by Gasteiger charge is 2.38. The standard InChI is InChI=1S/C15H18ClF2N3O2/c16-11-1-2-13(19-9-11)21-7-8-23-12(10-21)14(22)20-5-3-15(17,18)4-6-20/h1-2,9,12H,3-8,10H2. The number of likely N-dealkylation sites (tertiary alicyclic amines) is 1. The number of amides is 1. The smallest absolute Gasteiger partial charge is 0.253 e. The van der Waals surface area contributed by atoms with Crippen LogP contribution in [0, 0.1) is 0 Å². The van der Waals surface area contributed by atoms with Gasteiger partial charge in [0.1, 0.15) is 5.82 Å². The molecule has 3 rings (SSSR count). The Bertz CT molecular complexity index is 560. The Kier molecular flexibility index (Phi) is 4.68. The second-order valence-electron chi connectivity index (χ2n) is 5.82. The van der Waals surface area contributed by atoms with E-state index in [1.165, 1.54) is 4.90 Å². The van der Waals surface area contributed by atoms with E-state index in [0.29, 0.717) is 24.7 Å². The lowest BCUT2D eigenvalue weighted by atomic mass is 10.1. The molecule has 1 atom stereocenters. The first-order valence-electron chi connectivity index (χ1n) is 7.59. The summed E-state index contributed by atoms with van der Waals surface area (Å²) in [6, 6.07) is 3.53. The van der Waals surface area contributed by atoms with E-state index in [1.807, 2.05) is 4.90 Å². The van der Waals surface area contributed by atoms with E-state index in [1.54, 1.807) is 18.3 Å². The molecule has 2 fully saturated rings. The Balaban J connectivity index is 1.62. The zero-order valence-electron chi connectivity index (χ0n) is 12.6. The van der Waals surface area contributed by atoms with Gasteiger partial charge in [-0.25, -0.2) is 13.8 Å². The van der Waals surface area contributed by atoms with Gasteiger partial charge in [0.2, 0.25) is 0 Å². The van der Waals surface area contributed by atoms with Gasteiger partial charge in [-0.1, -0.05) is 11.6 Å². The lowest BCUT2D eigenvalue weighted by molar-refractivity contribution is -0.150. The highest BCUT2D eigenvalue weighted by molar-refractivity contribution is 6.30. The van der Waals surface area contributed by atoms with Gasteiger partial charge in [-0.2, -0.15) is 0 Å². The van der Waals surface area contributed by atoms with Crippen LogP contribution in [0.25, 0.3) is 0 Å². The minimum absolute atomic E-state index is 0.0743. The van der Waals surface area contributed by atoms with Crippen molar-refractivity contribution in [2.45, 2.75) is 24.9 Å². The first kappa shape index (κ1) is 16.4. The van der Waals surface area contributed by atoms with Crippen molar-refractivity contribution in [2.75, 3.05) is 37.7 Å². The molecule has 0 spiro atoms. The first-order valence-corrected chi connectivity index (χ1v) is 7.97. The number of hydrogen-bond donors (Lipinski definition) is 0. The highest BCUT2D eigenvalue weighted by Crippen LogP contribution is 2.28. The normalized spacial score (nSPS) is 24.6. The van der Waals surface area contributed by atoms with Crippen LogP contribution in [-0.4, -0.2) is 60.6 Å². The summed E-state index contributed by atoms with van der Waals surface area (Å²) >= 11 is 5.83. The molecule has 0 bridgehead atoms. The number of carbonyl (C=O) groups excluding carboxylic acids is 1. The molecule has 1 aromatic heterocycles. The molecular weight excluding hydrogens is 328 g/mol. The number of rotatable bonds is 2. The van der Waals surface area contributed by atoms with Crippen molar-refractivity contribution in [1.29, 1.82) is 0 Å². The molecule has 2 aliphatic heterocycles. The van der Waals surface area contributed by atoms with Gasteiger partial charge in [0.05, 0.1) is 18.2 Å². The largest absolute Gasteiger partial charge is 0.365 e. The summed E-state index contributed by atoms with van der Waals surface area (Å²) in [5.41, 5.74) is 0. The van der Waals surface area contributed by atoms with Gasteiger partial charge in [0.25, 0.3) is 11.8 Å². The van der Waals surface area contributed by atoms with E-state index in [2.05, 4.69) is 4.98 Å². The Morgan fingerprint density at radius 2 is 2.04 bits per heavy atom. The lowest BCUT2D eigenvalue weighted by Gasteiger charge is -2.38. The Hall–Kier alpha value is -1.47. The monoisotopic (exact) mass is 345 g/mol. The summed E-state index contributed by atoms with van der Waals surface area (Å²) in [5, 5.41) is 0.545. The molecular formula is C15H18ClF2N3O2. The number of nitrogens with zero attached hydrogens (tertiary/aromatic N) is 3. The number of alkyl halides is 2. The maximum Gasteiger partial charge on any atom is 0.253 e. The fourth-order valence-electron chi connectivity index (χ4n) is 2.82. The molecule has 1 amide bonds. The zero-order valence-corrected chi connectivity index (χ0v) is 13.3. The van der Waals surface area contributed by atoms with Crippen LogP contribution in [0.5, 0.6) is 0 Å². The van der Waals surface area contributed by atoms with E-state index < -0.39 is 12.0 Å². The summed E-state index contributed by atoms with van der Waals surface area (Å²) in [6.45, 7) is 1.53. The first-order chi connectivity index (χ1) is 10.9. The van der Waals surface area contributed by atoms with Gasteiger partial charge in [-0.15, -0.1) is 0 Å². The van der Waals surface area contributed by atoms with E-state index >= 15 is 0 Å². The fraction of sp³-hybridized carbons (Fsp3) is 0.600. The SMILES string of the molecule is O=C(C1CN(c2ccc(Cl)cn2)CCO1)N1CCC(F)(F)CC1. The molecule has 2 aliphatic rings. The maximum atomic E-state index is 13.2. The predicted molar refractivity (Wildman–Crippen MR) is 82.0 cm³/mol.